The van der Waals surface area contributed by atoms with E-state index in [-0.39, 0.29) is 5.97 Å². The van der Waals surface area contributed by atoms with Crippen molar-refractivity contribution < 1.29 is 9.53 Å². The van der Waals surface area contributed by atoms with E-state index in [0.29, 0.717) is 6.61 Å². The average molecular weight is 310 g/mol. The molecule has 0 atom stereocenters. The fraction of sp³-hybridized carbons (Fsp3) is 0.211. The van der Waals surface area contributed by atoms with Gasteiger partial charge in [0.05, 0.1) is 6.61 Å². The molecule has 0 heterocycles. The van der Waals surface area contributed by atoms with Crippen LogP contribution in [0.2, 0.25) is 13.1 Å². The summed E-state index contributed by atoms with van der Waals surface area (Å²) in [5, 5.41) is 2.40. The van der Waals surface area contributed by atoms with Crippen LogP contribution in [0.15, 0.2) is 66.7 Å². The Hall–Kier alpha value is -2.13. The summed E-state index contributed by atoms with van der Waals surface area (Å²) in [6.45, 7) is 6.75. The molecular weight excluding hydrogens is 288 g/mol. The van der Waals surface area contributed by atoms with Crippen LogP contribution in [-0.4, -0.2) is 20.7 Å². The first kappa shape index (κ1) is 16.2. The number of hydrogen-bond donors (Lipinski definition) is 0. The molecule has 2 nitrogen and oxygen atoms in total. The first-order valence-corrected chi connectivity index (χ1v) is 10.6. The molecule has 0 fully saturated rings. The number of rotatable bonds is 5. The van der Waals surface area contributed by atoms with Gasteiger partial charge in [-0.2, -0.15) is 0 Å². The summed E-state index contributed by atoms with van der Waals surface area (Å²) in [5.41, 5.74) is 1.09. The van der Waals surface area contributed by atoms with Crippen molar-refractivity contribution in [2.24, 2.45) is 0 Å². The molecular formula is C19H22O2Si. The Bertz CT molecular complexity index is 646. The molecule has 22 heavy (non-hydrogen) atoms. The van der Waals surface area contributed by atoms with Crippen molar-refractivity contribution in [1.82, 2.24) is 0 Å². The van der Waals surface area contributed by atoms with Gasteiger partial charge in [-0.15, -0.1) is 0 Å². The SMILES string of the molecule is CCOC(=O)/C=C(\c1ccccc1)[Si](C)(C)c1ccccc1. The van der Waals surface area contributed by atoms with Gasteiger partial charge in [-0.3, -0.25) is 0 Å². The van der Waals surface area contributed by atoms with E-state index < -0.39 is 8.07 Å². The normalized spacial score (nSPS) is 12.0. The molecule has 0 bridgehead atoms. The summed E-state index contributed by atoms with van der Waals surface area (Å²) in [5.74, 6) is -0.266. The fourth-order valence-corrected chi connectivity index (χ4v) is 5.26. The van der Waals surface area contributed by atoms with Gasteiger partial charge in [-0.1, -0.05) is 78.9 Å². The maximum absolute atomic E-state index is 12.0. The van der Waals surface area contributed by atoms with Crippen LogP contribution < -0.4 is 5.19 Å². The molecule has 0 saturated carbocycles. The van der Waals surface area contributed by atoms with Crippen LogP contribution in [0.4, 0.5) is 0 Å². The third kappa shape index (κ3) is 3.74. The number of carbonyl (C=O) groups is 1. The van der Waals surface area contributed by atoms with Gasteiger partial charge in [0.1, 0.15) is 8.07 Å². The molecule has 114 valence electrons. The van der Waals surface area contributed by atoms with Crippen LogP contribution in [0.25, 0.3) is 5.20 Å². The van der Waals surface area contributed by atoms with Crippen molar-refractivity contribution in [1.29, 1.82) is 0 Å². The maximum atomic E-state index is 12.0. The van der Waals surface area contributed by atoms with E-state index in [1.54, 1.807) is 6.08 Å². The van der Waals surface area contributed by atoms with Gasteiger partial charge < -0.3 is 4.74 Å². The zero-order valence-electron chi connectivity index (χ0n) is 13.4. The maximum Gasteiger partial charge on any atom is 0.330 e. The van der Waals surface area contributed by atoms with E-state index in [1.165, 1.54) is 5.19 Å². The van der Waals surface area contributed by atoms with Crippen molar-refractivity contribution in [3.05, 3.63) is 72.3 Å². The fourth-order valence-electron chi connectivity index (χ4n) is 2.55. The van der Waals surface area contributed by atoms with E-state index in [0.717, 1.165) is 10.8 Å². The zero-order valence-corrected chi connectivity index (χ0v) is 14.4. The number of ether oxygens (including phenoxy) is 1. The topological polar surface area (TPSA) is 26.3 Å². The lowest BCUT2D eigenvalue weighted by Crippen LogP contribution is -2.43. The lowest BCUT2D eigenvalue weighted by Gasteiger charge is -2.27. The molecule has 2 aromatic rings. The lowest BCUT2D eigenvalue weighted by atomic mass is 10.2. The molecule has 0 aliphatic rings. The summed E-state index contributed by atoms with van der Waals surface area (Å²) < 4.78 is 5.13. The molecule has 0 aliphatic heterocycles. The molecule has 3 heteroatoms. The van der Waals surface area contributed by atoms with Gasteiger partial charge in [-0.25, -0.2) is 4.79 Å². The second kappa shape index (κ2) is 7.23. The molecule has 0 N–H and O–H groups in total. The highest BCUT2D eigenvalue weighted by atomic mass is 28.3. The van der Waals surface area contributed by atoms with Crippen LogP contribution in [0, 0.1) is 0 Å². The highest BCUT2D eigenvalue weighted by molar-refractivity contribution is 7.04. The van der Waals surface area contributed by atoms with Gasteiger partial charge in [-0.05, 0) is 17.7 Å². The lowest BCUT2D eigenvalue weighted by molar-refractivity contribution is -0.137. The van der Waals surface area contributed by atoms with Gasteiger partial charge in [0.25, 0.3) is 0 Å². The molecule has 0 saturated heterocycles. The number of carbonyl (C=O) groups excluding carboxylic acids is 1. The summed E-state index contributed by atoms with van der Waals surface area (Å²) in [4.78, 5) is 12.0. The average Bonchev–Trinajstić information content (AvgIpc) is 2.54. The van der Waals surface area contributed by atoms with Crippen LogP contribution in [0.5, 0.6) is 0 Å². The minimum absolute atomic E-state index is 0.266. The quantitative estimate of drug-likeness (QED) is 0.477. The molecule has 2 rings (SSSR count). The van der Waals surface area contributed by atoms with Gasteiger partial charge >= 0.3 is 5.97 Å². The molecule has 0 aliphatic carbocycles. The Morgan fingerprint density at radius 3 is 2.09 bits per heavy atom. The molecule has 0 radical (unpaired) electrons. The van der Waals surface area contributed by atoms with Crippen LogP contribution in [0.1, 0.15) is 12.5 Å². The van der Waals surface area contributed by atoms with Crippen molar-refractivity contribution in [2.45, 2.75) is 20.0 Å². The largest absolute Gasteiger partial charge is 0.463 e. The van der Waals surface area contributed by atoms with Crippen LogP contribution >= 0.6 is 0 Å². The number of benzene rings is 2. The predicted octanol–water partition coefficient (Wildman–Crippen LogP) is 3.79. The first-order chi connectivity index (χ1) is 10.6. The van der Waals surface area contributed by atoms with Crippen molar-refractivity contribution >= 4 is 24.4 Å². The van der Waals surface area contributed by atoms with Crippen molar-refractivity contribution in [3.63, 3.8) is 0 Å². The van der Waals surface area contributed by atoms with Gasteiger partial charge in [0.15, 0.2) is 0 Å². The van der Waals surface area contributed by atoms with E-state index in [4.69, 9.17) is 4.74 Å². The third-order valence-corrected chi connectivity index (χ3v) is 7.36. The summed E-state index contributed by atoms with van der Waals surface area (Å²) >= 11 is 0. The smallest absolute Gasteiger partial charge is 0.330 e. The Labute approximate surface area is 133 Å². The number of hydrogen-bond acceptors (Lipinski definition) is 2. The summed E-state index contributed by atoms with van der Waals surface area (Å²) in [6, 6.07) is 20.5. The summed E-state index contributed by atoms with van der Waals surface area (Å²) in [6.07, 6.45) is 1.68. The van der Waals surface area contributed by atoms with E-state index >= 15 is 0 Å². The van der Waals surface area contributed by atoms with Crippen molar-refractivity contribution in [3.8, 4) is 0 Å². The van der Waals surface area contributed by atoms with Crippen LogP contribution in [-0.2, 0) is 9.53 Å². The first-order valence-electron chi connectivity index (χ1n) is 7.55. The highest BCUT2D eigenvalue weighted by Gasteiger charge is 2.30. The monoisotopic (exact) mass is 310 g/mol. The highest BCUT2D eigenvalue weighted by Crippen LogP contribution is 2.26. The molecule has 0 spiro atoms. The van der Waals surface area contributed by atoms with Gasteiger partial charge in [0, 0.05) is 6.08 Å². The van der Waals surface area contributed by atoms with E-state index in [1.807, 2.05) is 31.2 Å². The number of esters is 1. The third-order valence-electron chi connectivity index (χ3n) is 3.80. The zero-order chi connectivity index (χ0) is 16.0. The van der Waals surface area contributed by atoms with Crippen LogP contribution in [0.3, 0.4) is 0 Å². The molecule has 0 aromatic heterocycles. The Morgan fingerprint density at radius 1 is 1.00 bits per heavy atom. The Balaban J connectivity index is 2.51. The molecule has 2 aromatic carbocycles. The summed E-state index contributed by atoms with van der Waals surface area (Å²) in [7, 11) is -1.98. The Kier molecular flexibility index (Phi) is 5.34. The Morgan fingerprint density at radius 2 is 1.55 bits per heavy atom. The predicted molar refractivity (Wildman–Crippen MR) is 94.6 cm³/mol. The second-order valence-corrected chi connectivity index (χ2v) is 10.0. The standard InChI is InChI=1S/C19H22O2Si/c1-4-21-19(20)15-18(16-11-7-5-8-12-16)22(2,3)17-13-9-6-10-14-17/h5-15H,4H2,1-3H3/b18-15+. The van der Waals surface area contributed by atoms with Gasteiger partial charge in [0.2, 0.25) is 0 Å². The van der Waals surface area contributed by atoms with Crippen molar-refractivity contribution in [2.75, 3.05) is 6.61 Å². The minimum atomic E-state index is -1.98. The molecule has 0 amide bonds. The minimum Gasteiger partial charge on any atom is -0.463 e. The second-order valence-electron chi connectivity index (χ2n) is 5.67. The molecule has 0 unspecified atom stereocenters. The van der Waals surface area contributed by atoms with E-state index in [2.05, 4.69) is 49.5 Å². The van der Waals surface area contributed by atoms with E-state index in [9.17, 15) is 4.79 Å².